The van der Waals surface area contributed by atoms with Gasteiger partial charge in [-0.1, -0.05) is 19.9 Å². The zero-order valence-corrected chi connectivity index (χ0v) is 14.1. The van der Waals surface area contributed by atoms with Gasteiger partial charge in [0.15, 0.2) is 6.54 Å². The number of aryl methyl sites for hydroxylation is 1. The average molecular weight is 312 g/mol. The molecule has 4 rings (SSSR count). The lowest BCUT2D eigenvalue weighted by Gasteiger charge is -2.36. The van der Waals surface area contributed by atoms with Crippen LogP contribution >= 0.6 is 0 Å². The van der Waals surface area contributed by atoms with Crippen molar-refractivity contribution in [3.63, 3.8) is 0 Å². The maximum atomic E-state index is 11.4. The molecule has 23 heavy (non-hydrogen) atoms. The average Bonchev–Trinajstić information content (AvgIpc) is 2.85. The maximum Gasteiger partial charge on any atom is 0.272 e. The van der Waals surface area contributed by atoms with E-state index >= 15 is 0 Å². The van der Waals surface area contributed by atoms with E-state index in [4.69, 9.17) is 5.73 Å². The van der Waals surface area contributed by atoms with E-state index in [9.17, 15) is 4.79 Å². The molecule has 0 bridgehead atoms. The Labute approximate surface area is 137 Å². The standard InChI is InChI=1S/C19H25N3O/c1-12(2)13-6-7-16-15(10-13)14-4-3-5-17-19(14)22(16)9-8-21(17)11-18(20)23/h6-7,10,12,17H,3-5,8-9,11H2,1-2H3,(H2,20,23)/p+1/t17-/m0/s1. The summed E-state index contributed by atoms with van der Waals surface area (Å²) in [5, 5.41) is 1.44. The molecule has 1 unspecified atom stereocenters. The predicted molar refractivity (Wildman–Crippen MR) is 91.6 cm³/mol. The molecule has 1 aromatic heterocycles. The van der Waals surface area contributed by atoms with Gasteiger partial charge in [-0.15, -0.1) is 0 Å². The van der Waals surface area contributed by atoms with Crippen LogP contribution in [-0.2, 0) is 17.8 Å². The Morgan fingerprint density at radius 3 is 3.00 bits per heavy atom. The molecular formula is C19H26N3O+. The first kappa shape index (κ1) is 14.8. The third-order valence-electron chi connectivity index (χ3n) is 5.70. The van der Waals surface area contributed by atoms with Crippen molar-refractivity contribution in [1.29, 1.82) is 0 Å². The molecule has 0 spiro atoms. The third kappa shape index (κ3) is 2.27. The van der Waals surface area contributed by atoms with Crippen molar-refractivity contribution in [2.75, 3.05) is 13.1 Å². The lowest BCUT2D eigenvalue weighted by atomic mass is 9.89. The number of amides is 1. The fourth-order valence-electron chi connectivity index (χ4n) is 4.60. The predicted octanol–water partition coefficient (Wildman–Crippen LogP) is 1.53. The zero-order valence-electron chi connectivity index (χ0n) is 14.1. The van der Waals surface area contributed by atoms with E-state index in [1.807, 2.05) is 0 Å². The highest BCUT2D eigenvalue weighted by atomic mass is 16.1. The number of quaternary nitrogens is 1. The Bertz CT molecular complexity index is 775. The van der Waals surface area contributed by atoms with E-state index in [1.54, 1.807) is 0 Å². The summed E-state index contributed by atoms with van der Waals surface area (Å²) in [6.07, 6.45) is 3.55. The van der Waals surface area contributed by atoms with Crippen LogP contribution in [0.3, 0.4) is 0 Å². The van der Waals surface area contributed by atoms with Gasteiger partial charge < -0.3 is 15.2 Å². The van der Waals surface area contributed by atoms with E-state index in [0.717, 1.165) is 13.1 Å². The van der Waals surface area contributed by atoms with Gasteiger partial charge in [-0.05, 0) is 42.0 Å². The highest BCUT2D eigenvalue weighted by Gasteiger charge is 2.38. The van der Waals surface area contributed by atoms with Crippen LogP contribution in [0.4, 0.5) is 0 Å². The van der Waals surface area contributed by atoms with Crippen molar-refractivity contribution in [2.45, 2.75) is 51.6 Å². The van der Waals surface area contributed by atoms with Crippen LogP contribution in [0.1, 0.15) is 55.5 Å². The van der Waals surface area contributed by atoms with Crippen LogP contribution in [0.5, 0.6) is 0 Å². The van der Waals surface area contributed by atoms with E-state index in [1.165, 1.54) is 51.9 Å². The number of fused-ring (bicyclic) bond motifs is 3. The van der Waals surface area contributed by atoms with Crippen LogP contribution in [0.2, 0.25) is 0 Å². The summed E-state index contributed by atoms with van der Waals surface area (Å²) < 4.78 is 2.52. The molecule has 1 aromatic carbocycles. The summed E-state index contributed by atoms with van der Waals surface area (Å²) in [5.74, 6) is 0.374. The highest BCUT2D eigenvalue weighted by Crippen LogP contribution is 2.38. The Morgan fingerprint density at radius 2 is 2.26 bits per heavy atom. The molecule has 2 aromatic rings. The van der Waals surface area contributed by atoms with Crippen LogP contribution < -0.4 is 10.6 Å². The molecular weight excluding hydrogens is 286 g/mol. The summed E-state index contributed by atoms with van der Waals surface area (Å²) in [5.41, 5.74) is 11.3. The van der Waals surface area contributed by atoms with Crippen LogP contribution in [0, 0.1) is 0 Å². The second-order valence-corrected chi connectivity index (χ2v) is 7.44. The molecule has 1 amide bonds. The van der Waals surface area contributed by atoms with Crippen molar-refractivity contribution in [1.82, 2.24) is 4.57 Å². The van der Waals surface area contributed by atoms with E-state index in [2.05, 4.69) is 36.6 Å². The molecule has 2 atom stereocenters. The van der Waals surface area contributed by atoms with E-state index in [-0.39, 0.29) is 5.91 Å². The lowest BCUT2D eigenvalue weighted by molar-refractivity contribution is -0.929. The summed E-state index contributed by atoms with van der Waals surface area (Å²) in [4.78, 5) is 12.8. The summed E-state index contributed by atoms with van der Waals surface area (Å²) in [6, 6.07) is 7.42. The number of hydrogen-bond acceptors (Lipinski definition) is 1. The maximum absolute atomic E-state index is 11.4. The summed E-state index contributed by atoms with van der Waals surface area (Å²) in [6.45, 7) is 6.96. The second kappa shape index (κ2) is 5.38. The fourth-order valence-corrected chi connectivity index (χ4v) is 4.60. The van der Waals surface area contributed by atoms with Crippen LogP contribution in [0.25, 0.3) is 10.9 Å². The number of primary amides is 1. The molecule has 0 saturated heterocycles. The van der Waals surface area contributed by atoms with Gasteiger partial charge in [0, 0.05) is 17.3 Å². The Hall–Kier alpha value is -1.81. The number of nitrogens with two attached hydrogens (primary N) is 1. The number of carbonyl (C=O) groups is 1. The van der Waals surface area contributed by atoms with Gasteiger partial charge in [0.25, 0.3) is 5.91 Å². The van der Waals surface area contributed by atoms with Crippen molar-refractivity contribution >= 4 is 16.8 Å². The van der Waals surface area contributed by atoms with Crippen molar-refractivity contribution < 1.29 is 9.69 Å². The van der Waals surface area contributed by atoms with Crippen molar-refractivity contribution in [2.24, 2.45) is 5.73 Å². The first-order valence-electron chi connectivity index (χ1n) is 8.84. The quantitative estimate of drug-likeness (QED) is 0.887. The number of benzene rings is 1. The molecule has 1 aliphatic heterocycles. The van der Waals surface area contributed by atoms with Crippen molar-refractivity contribution in [3.8, 4) is 0 Å². The van der Waals surface area contributed by atoms with Gasteiger partial charge in [-0.25, -0.2) is 0 Å². The van der Waals surface area contributed by atoms with Gasteiger partial charge >= 0.3 is 0 Å². The van der Waals surface area contributed by atoms with Gasteiger partial charge in [-0.3, -0.25) is 4.79 Å². The van der Waals surface area contributed by atoms with Gasteiger partial charge in [-0.2, -0.15) is 0 Å². The summed E-state index contributed by atoms with van der Waals surface area (Å²) >= 11 is 0. The minimum atomic E-state index is -0.182. The fraction of sp³-hybridized carbons (Fsp3) is 0.526. The van der Waals surface area contributed by atoms with E-state index in [0.29, 0.717) is 18.5 Å². The number of rotatable bonds is 3. The normalized spacial score (nSPS) is 23.3. The molecule has 4 nitrogen and oxygen atoms in total. The molecule has 0 fully saturated rings. The zero-order chi connectivity index (χ0) is 16.1. The first-order valence-corrected chi connectivity index (χ1v) is 8.84. The van der Waals surface area contributed by atoms with E-state index < -0.39 is 0 Å². The largest absolute Gasteiger partial charge is 0.365 e. The number of aromatic nitrogens is 1. The molecule has 2 heterocycles. The number of nitrogens with one attached hydrogen (secondary N) is 1. The highest BCUT2D eigenvalue weighted by molar-refractivity contribution is 5.87. The first-order chi connectivity index (χ1) is 11.1. The topological polar surface area (TPSA) is 52.5 Å². The monoisotopic (exact) mass is 312 g/mol. The molecule has 0 radical (unpaired) electrons. The second-order valence-electron chi connectivity index (χ2n) is 7.44. The third-order valence-corrected chi connectivity index (χ3v) is 5.70. The molecule has 1 aliphatic carbocycles. The SMILES string of the molecule is CC(C)c1ccc2c(c1)c1c3n2CC[NH+](CC(N)=O)[C@H]3CCC1. The lowest BCUT2D eigenvalue weighted by Crippen LogP contribution is -3.14. The smallest absolute Gasteiger partial charge is 0.272 e. The molecule has 122 valence electrons. The Morgan fingerprint density at radius 1 is 1.43 bits per heavy atom. The van der Waals surface area contributed by atoms with Crippen LogP contribution in [0.15, 0.2) is 18.2 Å². The molecule has 2 aliphatic rings. The Balaban J connectivity index is 1.87. The molecule has 4 heteroatoms. The van der Waals surface area contributed by atoms with Crippen LogP contribution in [-0.4, -0.2) is 23.6 Å². The van der Waals surface area contributed by atoms with Crippen molar-refractivity contribution in [3.05, 3.63) is 35.0 Å². The number of hydrogen-bond donors (Lipinski definition) is 2. The van der Waals surface area contributed by atoms with Gasteiger partial charge in [0.2, 0.25) is 0 Å². The minimum absolute atomic E-state index is 0.182. The Kier molecular flexibility index (Phi) is 3.45. The number of nitrogens with zero attached hydrogens (tertiary/aromatic N) is 1. The minimum Gasteiger partial charge on any atom is -0.365 e. The van der Waals surface area contributed by atoms with Gasteiger partial charge in [0.05, 0.1) is 18.8 Å². The van der Waals surface area contributed by atoms with Gasteiger partial charge in [0.1, 0.15) is 6.04 Å². The number of carbonyl (C=O) groups excluding carboxylic acids is 1. The summed E-state index contributed by atoms with van der Waals surface area (Å²) in [7, 11) is 0. The molecule has 0 saturated carbocycles. The molecule has 3 N–H and O–H groups in total.